The first-order valence-corrected chi connectivity index (χ1v) is 14.2. The summed E-state index contributed by atoms with van der Waals surface area (Å²) in [6.07, 6.45) is 5.76. The average molecular weight is 538 g/mol. The van der Waals surface area contributed by atoms with Crippen LogP contribution in [0.15, 0.2) is 24.4 Å². The van der Waals surface area contributed by atoms with E-state index >= 15 is 4.39 Å². The lowest BCUT2D eigenvalue weighted by atomic mass is 9.78. The zero-order valence-electron chi connectivity index (χ0n) is 23.5. The summed E-state index contributed by atoms with van der Waals surface area (Å²) in [4.78, 5) is 42.2. The quantitative estimate of drug-likeness (QED) is 0.518. The molecule has 1 aliphatic carbocycles. The van der Waals surface area contributed by atoms with Gasteiger partial charge in [-0.05, 0) is 58.7 Å². The Labute approximate surface area is 230 Å². The van der Waals surface area contributed by atoms with E-state index < -0.39 is 5.41 Å². The Hall–Kier alpha value is -3.27. The van der Waals surface area contributed by atoms with E-state index in [1.165, 1.54) is 6.07 Å². The van der Waals surface area contributed by atoms with Crippen LogP contribution in [0.25, 0.3) is 0 Å². The molecule has 0 spiro atoms. The van der Waals surface area contributed by atoms with Crippen LogP contribution in [0.5, 0.6) is 0 Å². The number of fused-ring (bicyclic) bond motifs is 1. The molecule has 0 bridgehead atoms. The van der Waals surface area contributed by atoms with Crippen molar-refractivity contribution in [3.05, 3.63) is 35.8 Å². The van der Waals surface area contributed by atoms with E-state index in [1.54, 1.807) is 24.1 Å². The number of nitrogens with zero attached hydrogens (tertiary/aromatic N) is 5. The van der Waals surface area contributed by atoms with Crippen LogP contribution in [0.1, 0.15) is 58.9 Å². The Morgan fingerprint density at radius 1 is 1.18 bits per heavy atom. The van der Waals surface area contributed by atoms with E-state index in [0.717, 1.165) is 57.4 Å². The van der Waals surface area contributed by atoms with Gasteiger partial charge < -0.3 is 15.5 Å². The van der Waals surface area contributed by atoms with Gasteiger partial charge in [-0.25, -0.2) is 9.37 Å². The Morgan fingerprint density at radius 2 is 1.90 bits per heavy atom. The number of anilines is 4. The maximum Gasteiger partial charge on any atom is 0.244 e. The fourth-order valence-corrected chi connectivity index (χ4v) is 6.09. The molecule has 2 aliphatic heterocycles. The van der Waals surface area contributed by atoms with E-state index in [9.17, 15) is 9.59 Å². The smallest absolute Gasteiger partial charge is 0.244 e. The molecule has 39 heavy (non-hydrogen) atoms. The molecule has 2 N–H and O–H groups in total. The van der Waals surface area contributed by atoms with Gasteiger partial charge in [0.1, 0.15) is 17.1 Å². The third-order valence-corrected chi connectivity index (χ3v) is 8.42. The first kappa shape index (κ1) is 27.3. The Kier molecular flexibility index (Phi) is 7.75. The third kappa shape index (κ3) is 5.31. The van der Waals surface area contributed by atoms with Gasteiger partial charge in [-0.15, -0.1) is 0 Å². The minimum Gasteiger partial charge on any atom is -0.367 e. The van der Waals surface area contributed by atoms with Gasteiger partial charge in [-0.2, -0.15) is 4.98 Å². The molecule has 1 saturated carbocycles. The lowest BCUT2D eigenvalue weighted by molar-refractivity contribution is -0.141. The molecule has 1 saturated heterocycles. The molecule has 0 unspecified atom stereocenters. The number of halogens is 1. The van der Waals surface area contributed by atoms with Crippen molar-refractivity contribution < 1.29 is 14.0 Å². The fourth-order valence-electron chi connectivity index (χ4n) is 6.09. The minimum absolute atomic E-state index is 0.000872. The molecule has 1 aromatic heterocycles. The summed E-state index contributed by atoms with van der Waals surface area (Å²) in [5.74, 6) is 0.0593. The number of hydrogen-bond acceptors (Lipinski definition) is 7. The van der Waals surface area contributed by atoms with Crippen molar-refractivity contribution in [2.75, 3.05) is 47.8 Å². The van der Waals surface area contributed by atoms with Crippen molar-refractivity contribution in [1.29, 1.82) is 0 Å². The number of rotatable bonds is 7. The van der Waals surface area contributed by atoms with Gasteiger partial charge in [-0.3, -0.25) is 19.4 Å². The number of carbonyl (C=O) groups excluding carboxylic acids is 2. The maximum absolute atomic E-state index is 15.2. The molecule has 3 heterocycles. The fraction of sp³-hybridized carbons (Fsp3) is 0.586. The van der Waals surface area contributed by atoms with Gasteiger partial charge in [0, 0.05) is 68.7 Å². The highest BCUT2D eigenvalue weighted by molar-refractivity contribution is 6.13. The zero-order chi connectivity index (χ0) is 27.7. The summed E-state index contributed by atoms with van der Waals surface area (Å²) >= 11 is 0. The van der Waals surface area contributed by atoms with Crippen LogP contribution in [0.2, 0.25) is 0 Å². The Morgan fingerprint density at radius 3 is 2.54 bits per heavy atom. The summed E-state index contributed by atoms with van der Waals surface area (Å²) in [6, 6.07) is 5.59. The number of piperazine rings is 1. The maximum atomic E-state index is 15.2. The molecule has 2 amide bonds. The second kappa shape index (κ2) is 11.1. The molecule has 2 fully saturated rings. The van der Waals surface area contributed by atoms with Gasteiger partial charge in [-0.1, -0.05) is 12.8 Å². The monoisotopic (exact) mass is 537 g/mol. The molecule has 5 rings (SSSR count). The first-order valence-electron chi connectivity index (χ1n) is 14.2. The van der Waals surface area contributed by atoms with Gasteiger partial charge in [0.25, 0.3) is 0 Å². The zero-order valence-corrected chi connectivity index (χ0v) is 23.5. The van der Waals surface area contributed by atoms with Crippen molar-refractivity contribution in [1.82, 2.24) is 20.2 Å². The number of nitrogens with one attached hydrogen (secondary N) is 2. The van der Waals surface area contributed by atoms with Gasteiger partial charge in [0.05, 0.1) is 5.69 Å². The van der Waals surface area contributed by atoms with Crippen LogP contribution in [0.3, 0.4) is 0 Å². The molecule has 0 radical (unpaired) electrons. The summed E-state index contributed by atoms with van der Waals surface area (Å²) in [5, 5.41) is 5.96. The second-order valence-electron chi connectivity index (χ2n) is 11.4. The van der Waals surface area contributed by atoms with E-state index in [2.05, 4.69) is 39.3 Å². The van der Waals surface area contributed by atoms with Crippen molar-refractivity contribution in [3.63, 3.8) is 0 Å². The number of aromatic nitrogens is 2. The van der Waals surface area contributed by atoms with Crippen molar-refractivity contribution in [2.24, 2.45) is 5.41 Å². The molecule has 10 heteroatoms. The van der Waals surface area contributed by atoms with Crippen LogP contribution in [0, 0.1) is 11.2 Å². The van der Waals surface area contributed by atoms with Crippen molar-refractivity contribution in [2.45, 2.75) is 71.9 Å². The molecular weight excluding hydrogens is 497 g/mol. The van der Waals surface area contributed by atoms with E-state index in [4.69, 9.17) is 4.98 Å². The molecule has 210 valence electrons. The first-order chi connectivity index (χ1) is 18.7. The largest absolute Gasteiger partial charge is 0.367 e. The van der Waals surface area contributed by atoms with E-state index in [-0.39, 0.29) is 30.1 Å². The number of benzene rings is 1. The Balaban J connectivity index is 1.38. The van der Waals surface area contributed by atoms with Crippen molar-refractivity contribution in [3.8, 4) is 0 Å². The number of amides is 2. The minimum atomic E-state index is -1.20. The van der Waals surface area contributed by atoms with Crippen molar-refractivity contribution >= 4 is 35.0 Å². The molecule has 2 aromatic rings. The van der Waals surface area contributed by atoms with Gasteiger partial charge in [0.2, 0.25) is 17.8 Å². The topological polar surface area (TPSA) is 93.7 Å². The van der Waals surface area contributed by atoms with Gasteiger partial charge in [0.15, 0.2) is 0 Å². The molecule has 3 aliphatic rings. The van der Waals surface area contributed by atoms with Gasteiger partial charge >= 0.3 is 0 Å². The predicted octanol–water partition coefficient (Wildman–Crippen LogP) is 3.86. The lowest BCUT2D eigenvalue weighted by Crippen LogP contribution is -2.57. The van der Waals surface area contributed by atoms with E-state index in [0.29, 0.717) is 35.7 Å². The molecule has 1 aromatic carbocycles. The summed E-state index contributed by atoms with van der Waals surface area (Å²) in [7, 11) is 0. The molecule has 9 nitrogen and oxygen atoms in total. The SMILES string of the molecule is CCNC(=O)[C@@]1(C)Cc2cnc(Nc3ccc(N4CCN(C(C)C)CC4)c(F)c3)nc2N(C2CCCC2)C1=O. The van der Waals surface area contributed by atoms with Crippen LogP contribution < -0.4 is 20.4 Å². The van der Waals surface area contributed by atoms with Crippen LogP contribution in [-0.4, -0.2) is 71.5 Å². The Bertz CT molecular complexity index is 1220. The summed E-state index contributed by atoms with van der Waals surface area (Å²) in [5.41, 5.74) is 0.698. The highest BCUT2D eigenvalue weighted by Crippen LogP contribution is 2.41. The highest BCUT2D eigenvalue weighted by Gasteiger charge is 2.50. The standard InChI is InChI=1S/C29H40FN7O2/c1-5-31-26(38)29(4)17-20-18-32-28(34-25(20)37(27(29)39)22-8-6-7-9-22)33-21-10-11-24(23(30)16-21)36-14-12-35(13-15-36)19(2)3/h10-11,16,18-19,22H,5-9,12-15,17H2,1-4H3,(H,31,38)(H,32,33,34)/t29-/m1/s1. The summed E-state index contributed by atoms with van der Waals surface area (Å²) < 4.78 is 15.2. The number of hydrogen-bond donors (Lipinski definition) is 2. The normalized spacial score (nSPS) is 22.4. The molecule has 1 atom stereocenters. The lowest BCUT2D eigenvalue weighted by Gasteiger charge is -2.41. The predicted molar refractivity (Wildman–Crippen MR) is 151 cm³/mol. The van der Waals surface area contributed by atoms with Crippen LogP contribution in [0.4, 0.5) is 27.5 Å². The second-order valence-corrected chi connectivity index (χ2v) is 11.4. The third-order valence-electron chi connectivity index (χ3n) is 8.42. The number of carbonyl (C=O) groups is 2. The highest BCUT2D eigenvalue weighted by atomic mass is 19.1. The molecular formula is C29H40FN7O2. The van der Waals surface area contributed by atoms with Crippen LogP contribution >= 0.6 is 0 Å². The van der Waals surface area contributed by atoms with E-state index in [1.807, 2.05) is 13.0 Å². The van der Waals surface area contributed by atoms with Crippen LogP contribution in [-0.2, 0) is 16.0 Å². The summed E-state index contributed by atoms with van der Waals surface area (Å²) in [6.45, 7) is 11.8. The average Bonchev–Trinajstić information content (AvgIpc) is 3.44.